The minimum Gasteiger partial charge on any atom is -0.332 e. The van der Waals surface area contributed by atoms with Crippen LogP contribution in [0.5, 0.6) is 0 Å². The highest BCUT2D eigenvalue weighted by Crippen LogP contribution is 2.16. The van der Waals surface area contributed by atoms with E-state index in [0.717, 1.165) is 0 Å². The van der Waals surface area contributed by atoms with Crippen LogP contribution in [-0.4, -0.2) is 21.2 Å². The molecule has 0 saturated carbocycles. The van der Waals surface area contributed by atoms with E-state index in [1.807, 2.05) is 0 Å². The van der Waals surface area contributed by atoms with Crippen LogP contribution < -0.4 is 5.32 Å². The fraction of sp³-hybridized carbons (Fsp3) is 0.364. The van der Waals surface area contributed by atoms with Crippen molar-refractivity contribution in [3.63, 3.8) is 0 Å². The summed E-state index contributed by atoms with van der Waals surface area (Å²) in [6.07, 6.45) is 1.55. The van der Waals surface area contributed by atoms with Gasteiger partial charge in [-0.2, -0.15) is 4.98 Å². The molecule has 1 N–H and O–H groups in total. The van der Waals surface area contributed by atoms with Crippen molar-refractivity contribution in [3.05, 3.63) is 29.2 Å². The third-order valence-electron chi connectivity index (χ3n) is 2.08. The molecule has 0 radical (unpaired) electrons. The number of nitrogens with zero attached hydrogens (tertiary/aromatic N) is 3. The first kappa shape index (κ1) is 12.0. The minimum atomic E-state index is 0.380. The van der Waals surface area contributed by atoms with Crippen LogP contribution in [0.3, 0.4) is 0 Å². The van der Waals surface area contributed by atoms with Crippen LogP contribution in [-0.2, 0) is 6.54 Å². The summed E-state index contributed by atoms with van der Waals surface area (Å²) in [6, 6.07) is 3.86. The van der Waals surface area contributed by atoms with Crippen LogP contribution in [0.2, 0.25) is 5.02 Å². The van der Waals surface area contributed by atoms with E-state index >= 15 is 0 Å². The average molecular weight is 253 g/mol. The molecule has 0 aliphatic rings. The number of nitrogens with one attached hydrogen (secondary N) is 1. The number of hydrogen-bond donors (Lipinski definition) is 1. The van der Waals surface area contributed by atoms with Gasteiger partial charge >= 0.3 is 0 Å². The third kappa shape index (κ3) is 3.25. The van der Waals surface area contributed by atoms with Crippen molar-refractivity contribution in [2.45, 2.75) is 26.4 Å². The first-order valence-corrected chi connectivity index (χ1v) is 5.71. The lowest BCUT2D eigenvalue weighted by atomic mass is 10.3. The lowest BCUT2D eigenvalue weighted by Gasteiger charge is -2.03. The molecule has 0 aromatic carbocycles. The van der Waals surface area contributed by atoms with E-state index < -0.39 is 0 Å². The largest absolute Gasteiger partial charge is 0.332 e. The lowest BCUT2D eigenvalue weighted by Crippen LogP contribution is -2.22. The minimum absolute atomic E-state index is 0.380. The normalized spacial score (nSPS) is 11.1. The van der Waals surface area contributed by atoms with Crippen LogP contribution in [0.25, 0.3) is 11.6 Å². The second kappa shape index (κ2) is 5.25. The molecule has 0 unspecified atom stereocenters. The molecule has 0 bridgehead atoms. The number of halogens is 1. The zero-order valence-corrected chi connectivity index (χ0v) is 10.4. The molecule has 0 amide bonds. The van der Waals surface area contributed by atoms with Crippen molar-refractivity contribution in [2.75, 3.05) is 0 Å². The van der Waals surface area contributed by atoms with Gasteiger partial charge in [-0.1, -0.05) is 30.6 Å². The molecule has 0 spiro atoms. The first-order chi connectivity index (χ1) is 8.15. The summed E-state index contributed by atoms with van der Waals surface area (Å²) in [7, 11) is 0. The van der Waals surface area contributed by atoms with Gasteiger partial charge in [0.1, 0.15) is 5.69 Å². The Morgan fingerprint density at radius 1 is 1.41 bits per heavy atom. The summed E-state index contributed by atoms with van der Waals surface area (Å²) in [4.78, 5) is 8.34. The topological polar surface area (TPSA) is 63.8 Å². The van der Waals surface area contributed by atoms with Gasteiger partial charge in [0.15, 0.2) is 5.82 Å². The number of hydrogen-bond acceptors (Lipinski definition) is 5. The van der Waals surface area contributed by atoms with Gasteiger partial charge in [0.25, 0.3) is 5.89 Å². The smallest absolute Gasteiger partial charge is 0.276 e. The summed E-state index contributed by atoms with van der Waals surface area (Å²) in [6.45, 7) is 4.69. The van der Waals surface area contributed by atoms with Gasteiger partial charge in [0, 0.05) is 12.2 Å². The van der Waals surface area contributed by atoms with Crippen LogP contribution in [0.15, 0.2) is 22.9 Å². The molecule has 17 heavy (non-hydrogen) atoms. The molecule has 2 heterocycles. The predicted molar refractivity (Wildman–Crippen MR) is 64.5 cm³/mol. The Balaban J connectivity index is 2.10. The Morgan fingerprint density at radius 2 is 2.24 bits per heavy atom. The summed E-state index contributed by atoms with van der Waals surface area (Å²) in [5.41, 5.74) is 0.623. The summed E-state index contributed by atoms with van der Waals surface area (Å²) in [5, 5.41) is 7.65. The number of aromatic nitrogens is 3. The van der Waals surface area contributed by atoms with E-state index in [2.05, 4.69) is 34.3 Å². The van der Waals surface area contributed by atoms with Crippen LogP contribution in [0.1, 0.15) is 19.7 Å². The van der Waals surface area contributed by atoms with Gasteiger partial charge in [-0.15, -0.1) is 0 Å². The van der Waals surface area contributed by atoms with E-state index in [4.69, 9.17) is 16.1 Å². The molecule has 5 nitrogen and oxygen atoms in total. The summed E-state index contributed by atoms with van der Waals surface area (Å²) < 4.78 is 5.12. The maximum Gasteiger partial charge on any atom is 0.276 e. The SMILES string of the molecule is CC(C)NCc1noc(-c2ccc(Cl)cn2)n1. The second-order valence-electron chi connectivity index (χ2n) is 3.91. The Labute approximate surface area is 104 Å². The highest BCUT2D eigenvalue weighted by atomic mass is 35.5. The Morgan fingerprint density at radius 3 is 2.88 bits per heavy atom. The second-order valence-corrected chi connectivity index (χ2v) is 4.35. The zero-order chi connectivity index (χ0) is 12.3. The first-order valence-electron chi connectivity index (χ1n) is 5.33. The molecule has 90 valence electrons. The maximum atomic E-state index is 5.75. The fourth-order valence-corrected chi connectivity index (χ4v) is 1.34. The molecular formula is C11H13ClN4O. The molecular weight excluding hydrogens is 240 g/mol. The van der Waals surface area contributed by atoms with Crippen molar-refractivity contribution in [1.82, 2.24) is 20.4 Å². The standard InChI is InChI=1S/C11H13ClN4O/c1-7(2)13-6-10-15-11(17-16-10)9-4-3-8(12)5-14-9/h3-5,7,13H,6H2,1-2H3. The Kier molecular flexibility index (Phi) is 3.71. The molecule has 0 atom stereocenters. The van der Waals surface area contributed by atoms with Crippen molar-refractivity contribution >= 4 is 11.6 Å². The molecule has 6 heteroatoms. The average Bonchev–Trinajstić information content (AvgIpc) is 2.76. The van der Waals surface area contributed by atoms with Gasteiger partial charge in [-0.05, 0) is 12.1 Å². The molecule has 2 aromatic heterocycles. The highest BCUT2D eigenvalue weighted by Gasteiger charge is 2.09. The number of pyridine rings is 1. The van der Waals surface area contributed by atoms with Gasteiger partial charge < -0.3 is 9.84 Å². The molecule has 2 rings (SSSR count). The molecule has 0 fully saturated rings. The Hall–Kier alpha value is -1.46. The highest BCUT2D eigenvalue weighted by molar-refractivity contribution is 6.30. The van der Waals surface area contributed by atoms with Gasteiger partial charge in [0.2, 0.25) is 0 Å². The van der Waals surface area contributed by atoms with Crippen molar-refractivity contribution in [2.24, 2.45) is 0 Å². The van der Waals surface area contributed by atoms with Gasteiger partial charge in [0.05, 0.1) is 11.6 Å². The fourth-order valence-electron chi connectivity index (χ4n) is 1.23. The molecule has 0 saturated heterocycles. The van der Waals surface area contributed by atoms with E-state index in [1.165, 1.54) is 0 Å². The van der Waals surface area contributed by atoms with Crippen LogP contribution in [0.4, 0.5) is 0 Å². The molecule has 2 aromatic rings. The van der Waals surface area contributed by atoms with Crippen molar-refractivity contribution < 1.29 is 4.52 Å². The van der Waals surface area contributed by atoms with Gasteiger partial charge in [-0.25, -0.2) is 4.98 Å². The monoisotopic (exact) mass is 252 g/mol. The third-order valence-corrected chi connectivity index (χ3v) is 2.31. The van der Waals surface area contributed by atoms with Gasteiger partial charge in [-0.3, -0.25) is 0 Å². The summed E-state index contributed by atoms with van der Waals surface area (Å²) in [5.74, 6) is 1.02. The van der Waals surface area contributed by atoms with E-state index in [9.17, 15) is 0 Å². The van der Waals surface area contributed by atoms with Crippen molar-refractivity contribution in [1.29, 1.82) is 0 Å². The van der Waals surface area contributed by atoms with E-state index in [-0.39, 0.29) is 0 Å². The lowest BCUT2D eigenvalue weighted by molar-refractivity contribution is 0.416. The Bertz CT molecular complexity index is 480. The molecule has 0 aliphatic heterocycles. The van der Waals surface area contributed by atoms with E-state index in [0.29, 0.717) is 35.0 Å². The quantitative estimate of drug-likeness (QED) is 0.905. The van der Waals surface area contributed by atoms with E-state index in [1.54, 1.807) is 18.3 Å². The van der Waals surface area contributed by atoms with Crippen molar-refractivity contribution in [3.8, 4) is 11.6 Å². The van der Waals surface area contributed by atoms with Crippen LogP contribution in [0, 0.1) is 0 Å². The zero-order valence-electron chi connectivity index (χ0n) is 9.64. The maximum absolute atomic E-state index is 5.75. The molecule has 0 aliphatic carbocycles. The number of rotatable bonds is 4. The van der Waals surface area contributed by atoms with Crippen LogP contribution >= 0.6 is 11.6 Å². The summed E-state index contributed by atoms with van der Waals surface area (Å²) >= 11 is 5.75. The predicted octanol–water partition coefficient (Wildman–Crippen LogP) is 2.28.